The molecule has 0 bridgehead atoms. The Kier molecular flexibility index (Phi) is 3.29. The minimum Gasteiger partial charge on any atom is -0.342 e. The van der Waals surface area contributed by atoms with Gasteiger partial charge in [0.15, 0.2) is 5.82 Å². The van der Waals surface area contributed by atoms with Crippen LogP contribution < -0.4 is 5.32 Å². The number of nitrogens with one attached hydrogen (secondary N) is 2. The smallest absolute Gasteiger partial charge is 0.254 e. The van der Waals surface area contributed by atoms with E-state index in [1.165, 1.54) is 12.4 Å². The van der Waals surface area contributed by atoms with E-state index in [9.17, 15) is 4.79 Å². The van der Waals surface area contributed by atoms with Gasteiger partial charge in [-0.2, -0.15) is 5.21 Å². The van der Waals surface area contributed by atoms with E-state index in [-0.39, 0.29) is 11.9 Å². The molecule has 7 nitrogen and oxygen atoms in total. The molecular weight excluding hydrogens is 244 g/mol. The van der Waals surface area contributed by atoms with Gasteiger partial charge in [0.25, 0.3) is 5.91 Å². The van der Waals surface area contributed by atoms with Crippen LogP contribution in [0.3, 0.4) is 0 Å². The Morgan fingerprint density at radius 2 is 2.41 bits per heavy atom. The van der Waals surface area contributed by atoms with E-state index in [0.29, 0.717) is 16.4 Å². The number of carbonyl (C=O) groups excluding carboxylic acids is 1. The summed E-state index contributed by atoms with van der Waals surface area (Å²) < 4.78 is 0. The van der Waals surface area contributed by atoms with Crippen LogP contribution in [-0.2, 0) is 0 Å². The first-order valence-electron chi connectivity index (χ1n) is 4.82. The second kappa shape index (κ2) is 4.88. The highest BCUT2D eigenvalue weighted by molar-refractivity contribution is 6.33. The van der Waals surface area contributed by atoms with Crippen LogP contribution in [0.4, 0.5) is 0 Å². The van der Waals surface area contributed by atoms with Gasteiger partial charge in [0.2, 0.25) is 0 Å². The zero-order chi connectivity index (χ0) is 12.3. The molecule has 0 fully saturated rings. The Morgan fingerprint density at radius 1 is 1.59 bits per heavy atom. The molecule has 1 atom stereocenters. The first-order chi connectivity index (χ1) is 8.18. The molecule has 2 heterocycles. The number of tetrazole rings is 1. The van der Waals surface area contributed by atoms with E-state index in [1.54, 1.807) is 13.0 Å². The monoisotopic (exact) mass is 252 g/mol. The molecule has 0 aliphatic heterocycles. The molecule has 1 unspecified atom stereocenters. The molecule has 2 N–H and O–H groups in total. The number of carbonyl (C=O) groups is 1. The number of aromatic amines is 1. The highest BCUT2D eigenvalue weighted by Gasteiger charge is 2.16. The molecule has 0 aromatic carbocycles. The predicted molar refractivity (Wildman–Crippen MR) is 59.3 cm³/mol. The van der Waals surface area contributed by atoms with Crippen LogP contribution in [0.5, 0.6) is 0 Å². The van der Waals surface area contributed by atoms with E-state index in [0.717, 1.165) is 0 Å². The van der Waals surface area contributed by atoms with Gasteiger partial charge in [0, 0.05) is 12.4 Å². The number of hydrogen-bond donors (Lipinski definition) is 2. The maximum absolute atomic E-state index is 11.8. The Bertz CT molecular complexity index is 514. The standard InChI is InChI=1S/C9H9ClN6O/c1-5(8-13-15-16-14-8)12-9(17)6-4-11-3-2-7(6)10/h2-5H,1H3,(H,12,17)(H,13,14,15,16). The number of nitrogens with zero attached hydrogens (tertiary/aromatic N) is 4. The van der Waals surface area contributed by atoms with Gasteiger partial charge in [-0.25, -0.2) is 0 Å². The van der Waals surface area contributed by atoms with E-state index in [4.69, 9.17) is 11.6 Å². The van der Waals surface area contributed by atoms with Crippen LogP contribution in [-0.4, -0.2) is 31.5 Å². The quantitative estimate of drug-likeness (QED) is 0.840. The van der Waals surface area contributed by atoms with Gasteiger partial charge in [0.1, 0.15) is 0 Å². The molecule has 0 saturated heterocycles. The van der Waals surface area contributed by atoms with Crippen LogP contribution in [0.1, 0.15) is 29.1 Å². The predicted octanol–water partition coefficient (Wildman–Crippen LogP) is 0.739. The molecule has 17 heavy (non-hydrogen) atoms. The number of hydrogen-bond acceptors (Lipinski definition) is 5. The molecule has 0 saturated carbocycles. The second-order valence-corrected chi connectivity index (χ2v) is 3.73. The van der Waals surface area contributed by atoms with Crippen LogP contribution in [0, 0.1) is 0 Å². The number of amides is 1. The number of H-pyrrole nitrogens is 1. The normalized spacial score (nSPS) is 12.1. The largest absolute Gasteiger partial charge is 0.342 e. The molecular formula is C9H9ClN6O. The van der Waals surface area contributed by atoms with Crippen molar-refractivity contribution >= 4 is 17.5 Å². The molecule has 0 aliphatic rings. The summed E-state index contributed by atoms with van der Waals surface area (Å²) in [5, 5.41) is 16.3. The average molecular weight is 253 g/mol. The third kappa shape index (κ3) is 2.56. The Balaban J connectivity index is 2.10. The first-order valence-corrected chi connectivity index (χ1v) is 5.20. The molecule has 8 heteroatoms. The summed E-state index contributed by atoms with van der Waals surface area (Å²) in [7, 11) is 0. The lowest BCUT2D eigenvalue weighted by molar-refractivity contribution is 0.0938. The Morgan fingerprint density at radius 3 is 3.06 bits per heavy atom. The van der Waals surface area contributed by atoms with Gasteiger partial charge in [-0.1, -0.05) is 16.8 Å². The van der Waals surface area contributed by atoms with Crippen molar-refractivity contribution < 1.29 is 4.79 Å². The number of rotatable bonds is 3. The van der Waals surface area contributed by atoms with Crippen molar-refractivity contribution in [3.63, 3.8) is 0 Å². The van der Waals surface area contributed by atoms with Crippen LogP contribution >= 0.6 is 11.6 Å². The fourth-order valence-electron chi connectivity index (χ4n) is 1.24. The highest BCUT2D eigenvalue weighted by atomic mass is 35.5. The van der Waals surface area contributed by atoms with Gasteiger partial charge < -0.3 is 5.32 Å². The van der Waals surface area contributed by atoms with Gasteiger partial charge in [0.05, 0.1) is 16.6 Å². The number of pyridine rings is 1. The first kappa shape index (κ1) is 11.5. The molecule has 0 spiro atoms. The minimum absolute atomic E-state index is 0.310. The van der Waals surface area contributed by atoms with E-state index in [2.05, 4.69) is 30.9 Å². The second-order valence-electron chi connectivity index (χ2n) is 3.32. The van der Waals surface area contributed by atoms with E-state index in [1.807, 2.05) is 0 Å². The number of halogens is 1. The summed E-state index contributed by atoms with van der Waals surface area (Å²) in [6.07, 6.45) is 2.92. The maximum atomic E-state index is 11.8. The number of aromatic nitrogens is 5. The van der Waals surface area contributed by atoms with Crippen molar-refractivity contribution in [3.8, 4) is 0 Å². The van der Waals surface area contributed by atoms with Crippen molar-refractivity contribution in [2.24, 2.45) is 0 Å². The molecule has 0 radical (unpaired) electrons. The molecule has 2 aromatic rings. The van der Waals surface area contributed by atoms with Crippen molar-refractivity contribution in [1.29, 1.82) is 0 Å². The summed E-state index contributed by atoms with van der Waals surface area (Å²) in [5.41, 5.74) is 0.310. The molecule has 2 aromatic heterocycles. The molecule has 2 rings (SSSR count). The Labute approximate surface area is 102 Å². The third-order valence-corrected chi connectivity index (χ3v) is 2.44. The van der Waals surface area contributed by atoms with Crippen molar-refractivity contribution in [1.82, 2.24) is 30.9 Å². The highest BCUT2D eigenvalue weighted by Crippen LogP contribution is 2.14. The summed E-state index contributed by atoms with van der Waals surface area (Å²) in [6, 6.07) is 1.19. The van der Waals surface area contributed by atoms with Crippen LogP contribution in [0.25, 0.3) is 0 Å². The van der Waals surface area contributed by atoms with Crippen molar-refractivity contribution in [2.75, 3.05) is 0 Å². The molecule has 1 amide bonds. The van der Waals surface area contributed by atoms with Crippen molar-refractivity contribution in [3.05, 3.63) is 34.9 Å². The van der Waals surface area contributed by atoms with Gasteiger partial charge in [-0.15, -0.1) is 10.2 Å². The maximum Gasteiger partial charge on any atom is 0.254 e. The fraction of sp³-hybridized carbons (Fsp3) is 0.222. The zero-order valence-corrected chi connectivity index (χ0v) is 9.64. The van der Waals surface area contributed by atoms with Gasteiger partial charge in [-0.05, 0) is 13.0 Å². The van der Waals surface area contributed by atoms with E-state index < -0.39 is 0 Å². The zero-order valence-electron chi connectivity index (χ0n) is 8.88. The summed E-state index contributed by atoms with van der Waals surface area (Å²) in [6.45, 7) is 1.74. The summed E-state index contributed by atoms with van der Waals surface area (Å²) >= 11 is 5.88. The van der Waals surface area contributed by atoms with Gasteiger partial charge >= 0.3 is 0 Å². The topological polar surface area (TPSA) is 96.5 Å². The minimum atomic E-state index is -0.363. The SMILES string of the molecule is CC(NC(=O)c1cnccc1Cl)c1nn[nH]n1. The van der Waals surface area contributed by atoms with Crippen molar-refractivity contribution in [2.45, 2.75) is 13.0 Å². The third-order valence-electron chi connectivity index (χ3n) is 2.11. The van der Waals surface area contributed by atoms with Gasteiger partial charge in [-0.3, -0.25) is 9.78 Å². The van der Waals surface area contributed by atoms with Crippen LogP contribution in [0.2, 0.25) is 5.02 Å². The fourth-order valence-corrected chi connectivity index (χ4v) is 1.43. The Hall–Kier alpha value is -2.02. The lowest BCUT2D eigenvalue weighted by Crippen LogP contribution is -2.27. The molecule has 88 valence electrons. The molecule has 0 aliphatic carbocycles. The summed E-state index contributed by atoms with van der Waals surface area (Å²) in [5.74, 6) is 0.0683. The van der Waals surface area contributed by atoms with Crippen LogP contribution in [0.15, 0.2) is 18.5 Å². The summed E-state index contributed by atoms with van der Waals surface area (Å²) in [4.78, 5) is 15.7. The lowest BCUT2D eigenvalue weighted by Gasteiger charge is -2.10. The van der Waals surface area contributed by atoms with E-state index >= 15 is 0 Å². The lowest BCUT2D eigenvalue weighted by atomic mass is 10.2. The average Bonchev–Trinajstić information content (AvgIpc) is 2.82.